The molecule has 32 heavy (non-hydrogen) atoms. The summed E-state index contributed by atoms with van der Waals surface area (Å²) in [5.41, 5.74) is 0. The minimum absolute atomic E-state index is 0.108. The zero-order chi connectivity index (χ0) is 24.7. The number of aliphatic hydroxyl groups is 3. The van der Waals surface area contributed by atoms with E-state index in [0.717, 1.165) is 25.7 Å². The fourth-order valence-electron chi connectivity index (χ4n) is 3.13. The molecule has 0 bridgehead atoms. The van der Waals surface area contributed by atoms with Crippen LogP contribution < -0.4 is 0 Å². The molecule has 0 amide bonds. The highest BCUT2D eigenvalue weighted by Crippen LogP contribution is 2.66. The van der Waals surface area contributed by atoms with E-state index in [-0.39, 0.29) is 12.5 Å². The van der Waals surface area contributed by atoms with Crippen molar-refractivity contribution in [2.45, 2.75) is 70.2 Å². The Labute approximate surface area is 184 Å². The lowest BCUT2D eigenvalue weighted by molar-refractivity contribution is -0.300. The summed E-state index contributed by atoms with van der Waals surface area (Å²) >= 11 is 0. The molecule has 0 saturated carbocycles. The summed E-state index contributed by atoms with van der Waals surface area (Å²) in [5, 5.41) is 30.1. The van der Waals surface area contributed by atoms with Gasteiger partial charge in [0.2, 0.25) is 0 Å². The Morgan fingerprint density at radius 1 is 0.906 bits per heavy atom. The standard InChI is InChI=1S/C14H31O15P3/c1-3-5-9(6-4-2)8-25-14-12(17)13(11(16)10(7-15)26-14)27-31(21,22)29-32(23,24)28-30(18,19)20/h9-17H,3-8H2,1-2H3,(H,21,22)(H,23,24)(H2,18,19,20)/t10-,11-,12-,13-,14+/m1/s1. The van der Waals surface area contributed by atoms with Crippen LogP contribution in [0, 0.1) is 5.92 Å². The van der Waals surface area contributed by atoms with E-state index in [1.54, 1.807) is 0 Å². The second-order valence-electron chi connectivity index (χ2n) is 7.14. The van der Waals surface area contributed by atoms with Crippen molar-refractivity contribution in [3.05, 3.63) is 0 Å². The first-order chi connectivity index (χ1) is 14.6. The maximum Gasteiger partial charge on any atom is 0.490 e. The van der Waals surface area contributed by atoms with Gasteiger partial charge in [0.1, 0.15) is 24.4 Å². The average Bonchev–Trinajstić information content (AvgIpc) is 2.61. The van der Waals surface area contributed by atoms with Gasteiger partial charge in [-0.25, -0.2) is 13.7 Å². The first kappa shape index (κ1) is 30.2. The molecule has 18 heteroatoms. The van der Waals surface area contributed by atoms with E-state index in [2.05, 4.69) is 13.1 Å². The van der Waals surface area contributed by atoms with Crippen molar-refractivity contribution in [2.75, 3.05) is 13.2 Å². The molecule has 0 aromatic rings. The van der Waals surface area contributed by atoms with Gasteiger partial charge < -0.3 is 44.4 Å². The summed E-state index contributed by atoms with van der Waals surface area (Å²) < 4.78 is 56.9. The fraction of sp³-hybridized carbons (Fsp3) is 1.00. The number of aliphatic hydroxyl groups excluding tert-OH is 3. The minimum atomic E-state index is -5.80. The number of hydrogen-bond donors (Lipinski definition) is 7. The molecule has 192 valence electrons. The van der Waals surface area contributed by atoms with Crippen LogP contribution in [0.4, 0.5) is 0 Å². The SMILES string of the molecule is CCCC(CCC)CO[C@H]1O[C@H](CO)[C@@H](O)[C@@H](OP(=O)(O)OP(=O)(O)OP(=O)(O)O)[C@H]1O. The quantitative estimate of drug-likeness (QED) is 0.150. The first-order valence-electron chi connectivity index (χ1n) is 9.71. The van der Waals surface area contributed by atoms with Gasteiger partial charge in [0, 0.05) is 0 Å². The van der Waals surface area contributed by atoms with Crippen LogP contribution in [0.25, 0.3) is 0 Å². The van der Waals surface area contributed by atoms with E-state index in [4.69, 9.17) is 19.3 Å². The molecule has 0 aromatic carbocycles. The predicted octanol–water partition coefficient (Wildman–Crippen LogP) is 0.370. The van der Waals surface area contributed by atoms with Gasteiger partial charge in [0.05, 0.1) is 13.2 Å². The Balaban J connectivity index is 2.95. The van der Waals surface area contributed by atoms with Crippen molar-refractivity contribution in [1.29, 1.82) is 0 Å². The van der Waals surface area contributed by atoms with E-state index in [0.29, 0.717) is 0 Å². The summed E-state index contributed by atoms with van der Waals surface area (Å²) in [6, 6.07) is 0. The Morgan fingerprint density at radius 2 is 1.47 bits per heavy atom. The van der Waals surface area contributed by atoms with Gasteiger partial charge in [0.25, 0.3) is 0 Å². The first-order valence-corrected chi connectivity index (χ1v) is 14.2. The minimum Gasteiger partial charge on any atom is -0.394 e. The smallest absolute Gasteiger partial charge is 0.394 e. The van der Waals surface area contributed by atoms with Crippen LogP contribution in [-0.2, 0) is 36.3 Å². The molecule has 2 unspecified atom stereocenters. The van der Waals surface area contributed by atoms with E-state index in [1.165, 1.54) is 0 Å². The van der Waals surface area contributed by atoms with Gasteiger partial charge in [-0.05, 0) is 18.8 Å². The molecule has 1 rings (SSSR count). The second kappa shape index (κ2) is 12.8. The molecule has 15 nitrogen and oxygen atoms in total. The third-order valence-corrected chi connectivity index (χ3v) is 8.22. The number of ether oxygens (including phenoxy) is 2. The lowest BCUT2D eigenvalue weighted by atomic mass is 9.98. The van der Waals surface area contributed by atoms with Crippen molar-refractivity contribution in [3.8, 4) is 0 Å². The van der Waals surface area contributed by atoms with E-state index in [1.807, 2.05) is 13.8 Å². The molecule has 1 aliphatic heterocycles. The molecular formula is C14H31O15P3. The third-order valence-electron chi connectivity index (χ3n) is 4.38. The van der Waals surface area contributed by atoms with Crippen LogP contribution in [0.5, 0.6) is 0 Å². The van der Waals surface area contributed by atoms with Gasteiger partial charge in [-0.15, -0.1) is 0 Å². The van der Waals surface area contributed by atoms with Crippen LogP contribution in [0.3, 0.4) is 0 Å². The Kier molecular flexibility index (Phi) is 12.1. The molecule has 1 saturated heterocycles. The van der Waals surface area contributed by atoms with Crippen molar-refractivity contribution >= 4 is 23.5 Å². The summed E-state index contributed by atoms with van der Waals surface area (Å²) in [5.74, 6) is 0.108. The zero-order valence-electron chi connectivity index (χ0n) is 17.4. The maximum absolute atomic E-state index is 12.1. The predicted molar refractivity (Wildman–Crippen MR) is 106 cm³/mol. The number of hydrogen-bond acceptors (Lipinski definition) is 11. The third kappa shape index (κ3) is 10.2. The number of rotatable bonds is 14. The van der Waals surface area contributed by atoms with Crippen LogP contribution >= 0.6 is 23.5 Å². The van der Waals surface area contributed by atoms with Crippen molar-refractivity contribution in [3.63, 3.8) is 0 Å². The second-order valence-corrected chi connectivity index (χ2v) is 11.5. The van der Waals surface area contributed by atoms with Crippen molar-refractivity contribution in [1.82, 2.24) is 0 Å². The largest absolute Gasteiger partial charge is 0.490 e. The maximum atomic E-state index is 12.1. The summed E-state index contributed by atoms with van der Waals surface area (Å²) in [4.78, 5) is 36.1. The lowest BCUT2D eigenvalue weighted by Crippen LogP contribution is -2.60. The lowest BCUT2D eigenvalue weighted by Gasteiger charge is -2.42. The molecule has 0 aromatic heterocycles. The van der Waals surface area contributed by atoms with Gasteiger partial charge >= 0.3 is 23.5 Å². The topological polar surface area (TPSA) is 239 Å². The molecule has 7 atom stereocenters. The van der Waals surface area contributed by atoms with E-state index >= 15 is 0 Å². The molecule has 7 N–H and O–H groups in total. The number of phosphoric acid groups is 3. The van der Waals surface area contributed by atoms with E-state index < -0.39 is 60.8 Å². The molecule has 1 heterocycles. The van der Waals surface area contributed by atoms with Gasteiger partial charge in [-0.2, -0.15) is 8.62 Å². The zero-order valence-corrected chi connectivity index (χ0v) is 20.1. The van der Waals surface area contributed by atoms with Crippen molar-refractivity contribution in [2.24, 2.45) is 5.92 Å². The highest BCUT2D eigenvalue weighted by Gasteiger charge is 2.50. The normalized spacial score (nSPS) is 30.8. The molecule has 0 spiro atoms. The highest BCUT2D eigenvalue weighted by molar-refractivity contribution is 7.66. The van der Waals surface area contributed by atoms with Gasteiger partial charge in [-0.1, -0.05) is 26.7 Å². The highest BCUT2D eigenvalue weighted by atomic mass is 31.3. The van der Waals surface area contributed by atoms with Gasteiger partial charge in [-0.3, -0.25) is 4.52 Å². The fourth-order valence-corrected chi connectivity index (χ4v) is 6.34. The number of phosphoric ester groups is 1. The Hall–Kier alpha value is 0.210. The monoisotopic (exact) mass is 532 g/mol. The van der Waals surface area contributed by atoms with Crippen LogP contribution in [0.1, 0.15) is 39.5 Å². The Morgan fingerprint density at radius 3 is 1.94 bits per heavy atom. The van der Waals surface area contributed by atoms with Gasteiger partial charge in [0.15, 0.2) is 6.29 Å². The molecule has 0 aliphatic carbocycles. The molecule has 1 fully saturated rings. The molecule has 0 radical (unpaired) electrons. The van der Waals surface area contributed by atoms with Crippen LogP contribution in [0.2, 0.25) is 0 Å². The van der Waals surface area contributed by atoms with Crippen molar-refractivity contribution < 1.29 is 71.2 Å². The summed E-state index contributed by atoms with van der Waals surface area (Å²) in [6.07, 6.45) is -5.43. The van der Waals surface area contributed by atoms with Crippen LogP contribution in [-0.4, -0.2) is 78.8 Å². The molecule has 1 aliphatic rings. The summed E-state index contributed by atoms with van der Waals surface area (Å²) in [6.45, 7) is 3.27. The van der Waals surface area contributed by atoms with Crippen LogP contribution in [0.15, 0.2) is 0 Å². The summed E-state index contributed by atoms with van der Waals surface area (Å²) in [7, 11) is -17.1. The average molecular weight is 532 g/mol. The molecular weight excluding hydrogens is 501 g/mol. The van der Waals surface area contributed by atoms with E-state index in [9.17, 15) is 38.8 Å². The Bertz CT molecular complexity index is 707.